The van der Waals surface area contributed by atoms with Gasteiger partial charge < -0.3 is 10.1 Å². The highest BCUT2D eigenvalue weighted by Gasteiger charge is 2.36. The van der Waals surface area contributed by atoms with Crippen molar-refractivity contribution in [1.29, 1.82) is 0 Å². The molecule has 2 heterocycles. The Morgan fingerprint density at radius 1 is 1.33 bits per heavy atom. The van der Waals surface area contributed by atoms with Crippen molar-refractivity contribution in [2.75, 3.05) is 0 Å². The lowest BCUT2D eigenvalue weighted by Gasteiger charge is -2.40. The topological polar surface area (TPSA) is 51.2 Å². The SMILES string of the molecule is CC(=O)N[C@H]1C[C@@H](c2nccs2)O[C@@H](C2CCCCC2)C1. The van der Waals surface area contributed by atoms with Crippen LogP contribution in [0.1, 0.15) is 63.0 Å². The summed E-state index contributed by atoms with van der Waals surface area (Å²) in [7, 11) is 0. The van der Waals surface area contributed by atoms with Crippen LogP contribution in [0.3, 0.4) is 0 Å². The van der Waals surface area contributed by atoms with Gasteiger partial charge in [-0.2, -0.15) is 0 Å². The van der Waals surface area contributed by atoms with Gasteiger partial charge in [0.2, 0.25) is 5.91 Å². The van der Waals surface area contributed by atoms with Gasteiger partial charge in [0, 0.05) is 31.0 Å². The number of aromatic nitrogens is 1. The van der Waals surface area contributed by atoms with E-state index in [0.29, 0.717) is 5.92 Å². The van der Waals surface area contributed by atoms with Crippen molar-refractivity contribution in [3.05, 3.63) is 16.6 Å². The zero-order valence-electron chi connectivity index (χ0n) is 12.6. The lowest BCUT2D eigenvalue weighted by Crippen LogP contribution is -2.44. The van der Waals surface area contributed by atoms with E-state index in [1.54, 1.807) is 18.3 Å². The normalized spacial score (nSPS) is 31.0. The molecule has 1 aliphatic carbocycles. The first-order chi connectivity index (χ1) is 10.2. The Morgan fingerprint density at radius 2 is 2.14 bits per heavy atom. The molecule has 2 aliphatic rings. The van der Waals surface area contributed by atoms with E-state index in [9.17, 15) is 4.79 Å². The van der Waals surface area contributed by atoms with Crippen LogP contribution in [0.4, 0.5) is 0 Å². The van der Waals surface area contributed by atoms with Gasteiger partial charge in [0.1, 0.15) is 11.1 Å². The minimum atomic E-state index is 0.0440. The summed E-state index contributed by atoms with van der Waals surface area (Å²) in [5.74, 6) is 0.708. The van der Waals surface area contributed by atoms with Gasteiger partial charge in [0.15, 0.2) is 0 Å². The minimum Gasteiger partial charge on any atom is -0.367 e. The molecule has 1 N–H and O–H groups in total. The standard InChI is InChI=1S/C16H24N2O2S/c1-11(19)18-13-9-14(12-5-3-2-4-6-12)20-15(10-13)16-17-7-8-21-16/h7-8,12-15H,2-6,9-10H2,1H3,(H,18,19)/t13-,14-,15+/m1/s1. The molecule has 0 bridgehead atoms. The second-order valence-electron chi connectivity index (χ2n) is 6.30. The Balaban J connectivity index is 1.71. The number of amides is 1. The van der Waals surface area contributed by atoms with Gasteiger partial charge in [-0.25, -0.2) is 4.98 Å². The van der Waals surface area contributed by atoms with Gasteiger partial charge in [0.25, 0.3) is 0 Å². The molecular weight excluding hydrogens is 284 g/mol. The third-order valence-corrected chi connectivity index (χ3v) is 5.53. The third kappa shape index (κ3) is 3.83. The molecule has 1 aliphatic heterocycles. The Labute approximate surface area is 130 Å². The molecule has 1 aromatic rings. The molecule has 1 saturated heterocycles. The van der Waals surface area contributed by atoms with Crippen molar-refractivity contribution in [2.24, 2.45) is 5.92 Å². The van der Waals surface area contributed by atoms with Crippen LogP contribution < -0.4 is 5.32 Å². The Hall–Kier alpha value is -0.940. The number of nitrogens with one attached hydrogen (secondary N) is 1. The highest BCUT2D eigenvalue weighted by atomic mass is 32.1. The molecule has 1 saturated carbocycles. The molecule has 1 amide bonds. The molecule has 4 nitrogen and oxygen atoms in total. The van der Waals surface area contributed by atoms with Gasteiger partial charge in [-0.05, 0) is 25.2 Å². The van der Waals surface area contributed by atoms with Crippen molar-refractivity contribution >= 4 is 17.2 Å². The van der Waals surface area contributed by atoms with Crippen LogP contribution in [-0.4, -0.2) is 23.0 Å². The van der Waals surface area contributed by atoms with Gasteiger partial charge >= 0.3 is 0 Å². The van der Waals surface area contributed by atoms with Crippen molar-refractivity contribution in [1.82, 2.24) is 10.3 Å². The predicted octanol–water partition coefficient (Wildman–Crippen LogP) is 3.45. The van der Waals surface area contributed by atoms with E-state index in [2.05, 4.69) is 10.3 Å². The number of carbonyl (C=O) groups is 1. The number of carbonyl (C=O) groups excluding carboxylic acids is 1. The van der Waals surface area contributed by atoms with E-state index in [4.69, 9.17) is 4.74 Å². The van der Waals surface area contributed by atoms with E-state index in [-0.39, 0.29) is 24.2 Å². The molecule has 1 aromatic heterocycles. The summed E-state index contributed by atoms with van der Waals surface area (Å²) in [6.45, 7) is 1.60. The Morgan fingerprint density at radius 3 is 2.81 bits per heavy atom. The Bertz CT molecular complexity index is 457. The second kappa shape index (κ2) is 6.88. The molecule has 116 valence electrons. The summed E-state index contributed by atoms with van der Waals surface area (Å²) in [4.78, 5) is 15.8. The van der Waals surface area contributed by atoms with Gasteiger partial charge in [-0.1, -0.05) is 19.3 Å². The number of hydrogen-bond acceptors (Lipinski definition) is 4. The number of thiazole rings is 1. The van der Waals surface area contributed by atoms with E-state index in [1.165, 1.54) is 32.1 Å². The quantitative estimate of drug-likeness (QED) is 0.930. The van der Waals surface area contributed by atoms with Crippen LogP contribution in [-0.2, 0) is 9.53 Å². The number of hydrogen-bond donors (Lipinski definition) is 1. The molecule has 5 heteroatoms. The van der Waals surface area contributed by atoms with Gasteiger partial charge in [-0.3, -0.25) is 4.79 Å². The first-order valence-electron chi connectivity index (χ1n) is 8.04. The summed E-state index contributed by atoms with van der Waals surface area (Å²) >= 11 is 1.65. The average molecular weight is 308 g/mol. The maximum atomic E-state index is 11.4. The Kier molecular flexibility index (Phi) is 4.91. The summed E-state index contributed by atoms with van der Waals surface area (Å²) < 4.78 is 6.38. The smallest absolute Gasteiger partial charge is 0.217 e. The highest BCUT2D eigenvalue weighted by molar-refractivity contribution is 7.09. The first kappa shape index (κ1) is 15.0. The summed E-state index contributed by atoms with van der Waals surface area (Å²) in [6, 6.07) is 0.220. The lowest BCUT2D eigenvalue weighted by atomic mass is 9.81. The summed E-state index contributed by atoms with van der Waals surface area (Å²) in [5, 5.41) is 6.14. The zero-order chi connectivity index (χ0) is 14.7. The predicted molar refractivity (Wildman–Crippen MR) is 83.1 cm³/mol. The van der Waals surface area contributed by atoms with E-state index >= 15 is 0 Å². The maximum absolute atomic E-state index is 11.4. The van der Waals surface area contributed by atoms with Crippen molar-refractivity contribution < 1.29 is 9.53 Å². The molecular formula is C16H24N2O2S. The highest BCUT2D eigenvalue weighted by Crippen LogP contribution is 2.39. The first-order valence-corrected chi connectivity index (χ1v) is 8.92. The minimum absolute atomic E-state index is 0.0440. The number of rotatable bonds is 3. The fourth-order valence-electron chi connectivity index (χ4n) is 3.72. The average Bonchev–Trinajstić information content (AvgIpc) is 3.01. The molecule has 21 heavy (non-hydrogen) atoms. The zero-order valence-corrected chi connectivity index (χ0v) is 13.4. The summed E-state index contributed by atoms with van der Waals surface area (Å²) in [5.41, 5.74) is 0. The van der Waals surface area contributed by atoms with Crippen LogP contribution in [0.15, 0.2) is 11.6 Å². The molecule has 3 rings (SSSR count). The van der Waals surface area contributed by atoms with E-state index in [1.807, 2.05) is 11.6 Å². The van der Waals surface area contributed by atoms with E-state index < -0.39 is 0 Å². The van der Waals surface area contributed by atoms with Crippen LogP contribution in [0, 0.1) is 5.92 Å². The van der Waals surface area contributed by atoms with Crippen LogP contribution in [0.25, 0.3) is 0 Å². The van der Waals surface area contributed by atoms with Crippen LogP contribution >= 0.6 is 11.3 Å². The largest absolute Gasteiger partial charge is 0.367 e. The van der Waals surface area contributed by atoms with Gasteiger partial charge in [0.05, 0.1) is 6.10 Å². The maximum Gasteiger partial charge on any atom is 0.217 e. The van der Waals surface area contributed by atoms with Crippen LogP contribution in [0.2, 0.25) is 0 Å². The number of nitrogens with zero attached hydrogens (tertiary/aromatic N) is 1. The fraction of sp³-hybridized carbons (Fsp3) is 0.750. The van der Waals surface area contributed by atoms with E-state index in [0.717, 1.165) is 17.8 Å². The van der Waals surface area contributed by atoms with Crippen LogP contribution in [0.5, 0.6) is 0 Å². The van der Waals surface area contributed by atoms with Crippen molar-refractivity contribution in [2.45, 2.75) is 70.1 Å². The monoisotopic (exact) mass is 308 g/mol. The lowest BCUT2D eigenvalue weighted by molar-refractivity contribution is -0.124. The second-order valence-corrected chi connectivity index (χ2v) is 7.23. The number of ether oxygens (including phenoxy) is 1. The fourth-order valence-corrected chi connectivity index (χ4v) is 4.41. The van der Waals surface area contributed by atoms with Crippen molar-refractivity contribution in [3.63, 3.8) is 0 Å². The summed E-state index contributed by atoms with van der Waals surface area (Å²) in [6.07, 6.45) is 10.5. The van der Waals surface area contributed by atoms with Gasteiger partial charge in [-0.15, -0.1) is 11.3 Å². The molecule has 0 unspecified atom stereocenters. The molecule has 2 fully saturated rings. The van der Waals surface area contributed by atoms with Crippen molar-refractivity contribution in [3.8, 4) is 0 Å². The third-order valence-electron chi connectivity index (χ3n) is 4.66. The molecule has 0 spiro atoms. The molecule has 0 radical (unpaired) electrons. The molecule has 0 aromatic carbocycles. The molecule has 3 atom stereocenters.